The third-order valence-corrected chi connectivity index (χ3v) is 5.88. The van der Waals surface area contributed by atoms with Crippen molar-refractivity contribution in [2.75, 3.05) is 11.9 Å². The Morgan fingerprint density at radius 2 is 1.93 bits per heavy atom. The second kappa shape index (κ2) is 9.58. The van der Waals surface area contributed by atoms with E-state index in [-0.39, 0.29) is 11.2 Å². The van der Waals surface area contributed by atoms with Crippen LogP contribution in [0.2, 0.25) is 0 Å². The van der Waals surface area contributed by atoms with Crippen LogP contribution in [0.25, 0.3) is 11.3 Å². The molecule has 27 heavy (non-hydrogen) atoms. The molecule has 0 aliphatic rings. The van der Waals surface area contributed by atoms with Gasteiger partial charge < -0.3 is 10.1 Å². The minimum absolute atomic E-state index is 0.0245. The Morgan fingerprint density at radius 3 is 2.63 bits per heavy atom. The summed E-state index contributed by atoms with van der Waals surface area (Å²) in [5, 5.41) is 5.35. The maximum Gasteiger partial charge on any atom is 0.238 e. The van der Waals surface area contributed by atoms with Crippen LogP contribution in [0.15, 0.2) is 60.0 Å². The maximum atomic E-state index is 12.4. The Kier molecular flexibility index (Phi) is 6.90. The standard InChI is InChI=1S/C21H22N2O2S2/c1-3-25-18-11-9-17(10-12-18)19-14-27-21(22-19)23-20(24)15(2)26-13-16-7-5-4-6-8-16/h4-12,14-15H,3,13H2,1-2H3,(H,22,23,24). The SMILES string of the molecule is CCOc1ccc(-c2csc(NC(=O)C(C)SCc3ccccc3)n2)cc1. The molecule has 0 bridgehead atoms. The van der Waals surface area contributed by atoms with Crippen molar-refractivity contribution in [3.63, 3.8) is 0 Å². The van der Waals surface area contributed by atoms with Crippen molar-refractivity contribution in [1.29, 1.82) is 0 Å². The normalized spacial score (nSPS) is 11.8. The molecule has 1 N–H and O–H groups in total. The molecule has 6 heteroatoms. The number of ether oxygens (including phenoxy) is 1. The number of nitrogens with one attached hydrogen (secondary N) is 1. The van der Waals surface area contributed by atoms with E-state index in [1.54, 1.807) is 11.8 Å². The van der Waals surface area contributed by atoms with E-state index < -0.39 is 0 Å². The molecule has 1 aromatic heterocycles. The molecule has 0 saturated carbocycles. The lowest BCUT2D eigenvalue weighted by Crippen LogP contribution is -2.22. The van der Waals surface area contributed by atoms with Crippen LogP contribution in [0.4, 0.5) is 5.13 Å². The molecule has 0 saturated heterocycles. The number of nitrogens with zero attached hydrogens (tertiary/aromatic N) is 1. The average molecular weight is 399 g/mol. The van der Waals surface area contributed by atoms with Crippen LogP contribution in [-0.4, -0.2) is 22.7 Å². The Labute approximate surface area is 168 Å². The Balaban J connectivity index is 1.55. The summed E-state index contributed by atoms with van der Waals surface area (Å²) in [6.45, 7) is 4.53. The van der Waals surface area contributed by atoms with Gasteiger partial charge in [-0.05, 0) is 43.7 Å². The number of rotatable bonds is 8. The van der Waals surface area contributed by atoms with Crippen LogP contribution < -0.4 is 10.1 Å². The van der Waals surface area contributed by atoms with Crippen LogP contribution >= 0.6 is 23.1 Å². The van der Waals surface area contributed by atoms with E-state index in [0.717, 1.165) is 22.8 Å². The van der Waals surface area contributed by atoms with E-state index in [1.807, 2.05) is 61.7 Å². The van der Waals surface area contributed by atoms with Gasteiger partial charge in [0.05, 0.1) is 17.6 Å². The van der Waals surface area contributed by atoms with E-state index in [2.05, 4.69) is 22.4 Å². The summed E-state index contributed by atoms with van der Waals surface area (Å²) in [5.74, 6) is 1.63. The third-order valence-electron chi connectivity index (χ3n) is 3.91. The summed E-state index contributed by atoms with van der Waals surface area (Å²) in [4.78, 5) is 16.9. The van der Waals surface area contributed by atoms with Crippen molar-refractivity contribution in [2.45, 2.75) is 24.9 Å². The average Bonchev–Trinajstić information content (AvgIpc) is 3.16. The smallest absolute Gasteiger partial charge is 0.238 e. The van der Waals surface area contributed by atoms with Gasteiger partial charge in [-0.25, -0.2) is 4.98 Å². The zero-order valence-corrected chi connectivity index (χ0v) is 17.0. The molecule has 3 rings (SSSR count). The fourth-order valence-corrected chi connectivity index (χ4v) is 4.00. The first kappa shape index (κ1) is 19.5. The predicted molar refractivity (Wildman–Crippen MR) is 115 cm³/mol. The quantitative estimate of drug-likeness (QED) is 0.547. The molecule has 1 amide bonds. The van der Waals surface area contributed by atoms with E-state index in [4.69, 9.17) is 4.74 Å². The lowest BCUT2D eigenvalue weighted by atomic mass is 10.2. The first-order valence-corrected chi connectivity index (χ1v) is 10.7. The number of carbonyl (C=O) groups is 1. The van der Waals surface area contributed by atoms with Gasteiger partial charge in [-0.3, -0.25) is 4.79 Å². The maximum absolute atomic E-state index is 12.4. The van der Waals surface area contributed by atoms with E-state index in [0.29, 0.717) is 11.7 Å². The molecule has 140 valence electrons. The summed E-state index contributed by atoms with van der Waals surface area (Å²) in [7, 11) is 0. The van der Waals surface area contributed by atoms with Crippen molar-refractivity contribution in [3.05, 3.63) is 65.5 Å². The molecule has 3 aromatic rings. The van der Waals surface area contributed by atoms with E-state index in [1.165, 1.54) is 16.9 Å². The zero-order chi connectivity index (χ0) is 19.1. The molecule has 1 atom stereocenters. The topological polar surface area (TPSA) is 51.2 Å². The van der Waals surface area contributed by atoms with Gasteiger partial charge in [-0.2, -0.15) is 0 Å². The van der Waals surface area contributed by atoms with Crippen LogP contribution in [0.1, 0.15) is 19.4 Å². The molecule has 1 unspecified atom stereocenters. The van der Waals surface area contributed by atoms with Crippen LogP contribution in [0, 0.1) is 0 Å². The number of anilines is 1. The Bertz CT molecular complexity index is 863. The molecule has 1 heterocycles. The monoisotopic (exact) mass is 398 g/mol. The second-order valence-electron chi connectivity index (χ2n) is 5.92. The van der Waals surface area contributed by atoms with Crippen LogP contribution in [0.3, 0.4) is 0 Å². The molecule has 0 aliphatic carbocycles. The van der Waals surface area contributed by atoms with Crippen molar-refractivity contribution < 1.29 is 9.53 Å². The first-order valence-electron chi connectivity index (χ1n) is 8.81. The van der Waals surface area contributed by atoms with Crippen LogP contribution in [0.5, 0.6) is 5.75 Å². The van der Waals surface area contributed by atoms with Gasteiger partial charge >= 0.3 is 0 Å². The largest absolute Gasteiger partial charge is 0.494 e. The number of hydrogen-bond acceptors (Lipinski definition) is 5. The summed E-state index contributed by atoms with van der Waals surface area (Å²) in [6.07, 6.45) is 0. The highest BCUT2D eigenvalue weighted by Crippen LogP contribution is 2.27. The fraction of sp³-hybridized carbons (Fsp3) is 0.238. The van der Waals surface area contributed by atoms with E-state index in [9.17, 15) is 4.79 Å². The van der Waals surface area contributed by atoms with Gasteiger partial charge in [-0.1, -0.05) is 30.3 Å². The first-order chi connectivity index (χ1) is 13.2. The second-order valence-corrected chi connectivity index (χ2v) is 8.11. The van der Waals surface area contributed by atoms with Crippen molar-refractivity contribution >= 4 is 34.1 Å². The highest BCUT2D eigenvalue weighted by atomic mass is 32.2. The van der Waals surface area contributed by atoms with Crippen molar-refractivity contribution in [2.24, 2.45) is 0 Å². The minimum Gasteiger partial charge on any atom is -0.494 e. The van der Waals surface area contributed by atoms with Crippen molar-refractivity contribution in [3.8, 4) is 17.0 Å². The molecular weight excluding hydrogens is 376 g/mol. The molecule has 0 radical (unpaired) electrons. The number of thioether (sulfide) groups is 1. The molecule has 0 spiro atoms. The van der Waals surface area contributed by atoms with Gasteiger partial charge in [0.1, 0.15) is 5.75 Å². The third kappa shape index (κ3) is 5.58. The van der Waals surface area contributed by atoms with Crippen molar-refractivity contribution in [1.82, 2.24) is 4.98 Å². The van der Waals surface area contributed by atoms with Gasteiger partial charge in [0.15, 0.2) is 5.13 Å². The molecule has 4 nitrogen and oxygen atoms in total. The van der Waals surface area contributed by atoms with Gasteiger partial charge in [0, 0.05) is 16.7 Å². The molecular formula is C21H22N2O2S2. The number of carbonyl (C=O) groups excluding carboxylic acids is 1. The number of amides is 1. The number of hydrogen-bond donors (Lipinski definition) is 1. The number of benzene rings is 2. The Morgan fingerprint density at radius 1 is 1.19 bits per heavy atom. The Hall–Kier alpha value is -2.31. The number of aromatic nitrogens is 1. The minimum atomic E-state index is -0.150. The lowest BCUT2D eigenvalue weighted by molar-refractivity contribution is -0.115. The van der Waals surface area contributed by atoms with E-state index >= 15 is 0 Å². The summed E-state index contributed by atoms with van der Waals surface area (Å²) < 4.78 is 5.46. The van der Waals surface area contributed by atoms with Gasteiger partial charge in [-0.15, -0.1) is 23.1 Å². The highest BCUT2D eigenvalue weighted by Gasteiger charge is 2.15. The van der Waals surface area contributed by atoms with Gasteiger partial charge in [0.25, 0.3) is 0 Å². The summed E-state index contributed by atoms with van der Waals surface area (Å²) in [5.41, 5.74) is 3.07. The zero-order valence-electron chi connectivity index (χ0n) is 15.3. The van der Waals surface area contributed by atoms with Crippen LogP contribution in [-0.2, 0) is 10.5 Å². The molecule has 2 aromatic carbocycles. The van der Waals surface area contributed by atoms with Gasteiger partial charge in [0.2, 0.25) is 5.91 Å². The fourth-order valence-electron chi connectivity index (χ4n) is 2.43. The summed E-state index contributed by atoms with van der Waals surface area (Å²) in [6, 6.07) is 18.0. The predicted octanol–water partition coefficient (Wildman–Crippen LogP) is 5.47. The number of thiazole rings is 1. The summed E-state index contributed by atoms with van der Waals surface area (Å²) >= 11 is 3.05. The lowest BCUT2D eigenvalue weighted by Gasteiger charge is -2.10. The molecule has 0 aliphatic heterocycles. The molecule has 0 fully saturated rings. The highest BCUT2D eigenvalue weighted by molar-refractivity contribution is 7.99.